The molecule has 0 spiro atoms. The third-order valence-corrected chi connectivity index (χ3v) is 2.64. The molecular formula is C15H21NO. The smallest absolute Gasteiger partial charge is 0.0975 e. The van der Waals surface area contributed by atoms with E-state index < -0.39 is 0 Å². The summed E-state index contributed by atoms with van der Waals surface area (Å²) in [5.41, 5.74) is 7.33. The molecule has 0 aliphatic rings. The number of benzene rings is 1. The molecule has 2 N–H and O–H groups in total. The van der Waals surface area contributed by atoms with Gasteiger partial charge in [0.25, 0.3) is 0 Å². The summed E-state index contributed by atoms with van der Waals surface area (Å²) in [5.74, 6) is 5.93. The van der Waals surface area contributed by atoms with Crippen molar-refractivity contribution in [1.82, 2.24) is 0 Å². The van der Waals surface area contributed by atoms with Crippen molar-refractivity contribution in [2.24, 2.45) is 5.73 Å². The van der Waals surface area contributed by atoms with Crippen LogP contribution in [-0.2, 0) is 4.74 Å². The highest BCUT2D eigenvalue weighted by molar-refractivity contribution is 5.19. The number of hydrogen-bond acceptors (Lipinski definition) is 2. The first-order valence-electron chi connectivity index (χ1n) is 6.11. The fourth-order valence-corrected chi connectivity index (χ4v) is 1.80. The first kappa shape index (κ1) is 13.8. The first-order chi connectivity index (χ1) is 8.29. The van der Waals surface area contributed by atoms with Crippen molar-refractivity contribution in [3.63, 3.8) is 0 Å². The van der Waals surface area contributed by atoms with Gasteiger partial charge in [-0.1, -0.05) is 30.3 Å². The minimum absolute atomic E-state index is 0.00167. The second-order valence-electron chi connectivity index (χ2n) is 3.92. The van der Waals surface area contributed by atoms with Crippen LogP contribution in [0, 0.1) is 11.8 Å². The fourth-order valence-electron chi connectivity index (χ4n) is 1.80. The van der Waals surface area contributed by atoms with Crippen LogP contribution in [-0.4, -0.2) is 12.6 Å². The molecule has 1 aromatic rings. The molecule has 1 rings (SSSR count). The van der Waals surface area contributed by atoms with E-state index in [-0.39, 0.29) is 12.1 Å². The minimum Gasteiger partial charge on any atom is -0.372 e. The van der Waals surface area contributed by atoms with Crippen molar-refractivity contribution in [3.05, 3.63) is 35.9 Å². The lowest BCUT2D eigenvalue weighted by Crippen LogP contribution is -2.30. The number of rotatable bonds is 6. The molecule has 17 heavy (non-hydrogen) atoms. The maximum Gasteiger partial charge on any atom is 0.0975 e. The number of nitrogens with two attached hydrogens (primary N) is 1. The van der Waals surface area contributed by atoms with Gasteiger partial charge in [-0.05, 0) is 25.8 Å². The van der Waals surface area contributed by atoms with Crippen LogP contribution in [0.4, 0.5) is 0 Å². The summed E-state index contributed by atoms with van der Waals surface area (Å²) in [7, 11) is 0. The predicted molar refractivity (Wildman–Crippen MR) is 71.5 cm³/mol. The van der Waals surface area contributed by atoms with Crippen molar-refractivity contribution in [3.8, 4) is 11.8 Å². The molecule has 2 heteroatoms. The third-order valence-electron chi connectivity index (χ3n) is 2.64. The van der Waals surface area contributed by atoms with Crippen molar-refractivity contribution in [2.75, 3.05) is 6.61 Å². The van der Waals surface area contributed by atoms with E-state index in [1.807, 2.05) is 32.0 Å². The number of hydrogen-bond donors (Lipinski definition) is 1. The van der Waals surface area contributed by atoms with Crippen LogP contribution < -0.4 is 5.73 Å². The molecule has 0 fully saturated rings. The molecule has 92 valence electrons. The lowest BCUT2D eigenvalue weighted by Gasteiger charge is -2.23. The summed E-state index contributed by atoms with van der Waals surface area (Å²) in [6, 6.07) is 10.1. The van der Waals surface area contributed by atoms with Crippen LogP contribution in [0.5, 0.6) is 0 Å². The molecule has 0 aromatic heterocycles. The van der Waals surface area contributed by atoms with Crippen molar-refractivity contribution in [2.45, 2.75) is 38.8 Å². The van der Waals surface area contributed by atoms with Gasteiger partial charge in [0.15, 0.2) is 0 Å². The van der Waals surface area contributed by atoms with E-state index in [1.165, 1.54) is 0 Å². The molecular weight excluding hydrogens is 210 g/mol. The Bertz CT molecular complexity index is 364. The first-order valence-corrected chi connectivity index (χ1v) is 6.11. The summed E-state index contributed by atoms with van der Waals surface area (Å²) in [5, 5.41) is 0. The lowest BCUT2D eigenvalue weighted by atomic mass is 9.99. The van der Waals surface area contributed by atoms with Gasteiger partial charge in [-0.2, -0.15) is 0 Å². The zero-order valence-electron chi connectivity index (χ0n) is 10.6. The SMILES string of the molecule is CC#CCCC(N)C(OCC)c1ccccc1. The van der Waals surface area contributed by atoms with Gasteiger partial charge in [-0.3, -0.25) is 0 Å². The second kappa shape index (κ2) is 7.89. The topological polar surface area (TPSA) is 35.2 Å². The largest absolute Gasteiger partial charge is 0.372 e. The van der Waals surface area contributed by atoms with Gasteiger partial charge in [-0.15, -0.1) is 11.8 Å². The summed E-state index contributed by atoms with van der Waals surface area (Å²) >= 11 is 0. The predicted octanol–water partition coefficient (Wildman–Crippen LogP) is 2.90. The van der Waals surface area contributed by atoms with E-state index in [9.17, 15) is 0 Å². The Hall–Kier alpha value is -1.30. The summed E-state index contributed by atoms with van der Waals surface area (Å²) in [6.45, 7) is 4.52. The average Bonchev–Trinajstić information content (AvgIpc) is 2.37. The molecule has 0 bridgehead atoms. The van der Waals surface area contributed by atoms with E-state index in [4.69, 9.17) is 10.5 Å². The summed E-state index contributed by atoms with van der Waals surface area (Å²) in [4.78, 5) is 0. The van der Waals surface area contributed by atoms with Gasteiger partial charge >= 0.3 is 0 Å². The van der Waals surface area contributed by atoms with Gasteiger partial charge in [-0.25, -0.2) is 0 Å². The Morgan fingerprint density at radius 2 is 2.00 bits per heavy atom. The van der Waals surface area contributed by atoms with Crippen LogP contribution in [0.15, 0.2) is 30.3 Å². The summed E-state index contributed by atoms with van der Waals surface area (Å²) < 4.78 is 5.75. The quantitative estimate of drug-likeness (QED) is 0.764. The Morgan fingerprint density at radius 1 is 1.29 bits per heavy atom. The second-order valence-corrected chi connectivity index (χ2v) is 3.92. The summed E-state index contributed by atoms with van der Waals surface area (Å²) in [6.07, 6.45) is 1.66. The zero-order valence-corrected chi connectivity index (χ0v) is 10.6. The Morgan fingerprint density at radius 3 is 2.59 bits per heavy atom. The van der Waals surface area contributed by atoms with Crippen LogP contribution >= 0.6 is 0 Å². The maximum absolute atomic E-state index is 6.18. The van der Waals surface area contributed by atoms with Crippen LogP contribution in [0.25, 0.3) is 0 Å². The van der Waals surface area contributed by atoms with E-state index >= 15 is 0 Å². The Labute approximate surface area is 104 Å². The van der Waals surface area contributed by atoms with Crippen molar-refractivity contribution in [1.29, 1.82) is 0 Å². The molecule has 2 unspecified atom stereocenters. The molecule has 2 nitrogen and oxygen atoms in total. The zero-order chi connectivity index (χ0) is 12.5. The molecule has 0 aliphatic heterocycles. The van der Waals surface area contributed by atoms with Crippen molar-refractivity contribution >= 4 is 0 Å². The molecule has 0 saturated carbocycles. The number of ether oxygens (including phenoxy) is 1. The van der Waals surface area contributed by atoms with Gasteiger partial charge in [0, 0.05) is 19.1 Å². The fraction of sp³-hybridized carbons (Fsp3) is 0.467. The molecule has 2 atom stereocenters. The molecule has 0 aliphatic carbocycles. The highest BCUT2D eigenvalue weighted by atomic mass is 16.5. The monoisotopic (exact) mass is 231 g/mol. The molecule has 0 heterocycles. The maximum atomic E-state index is 6.18. The third kappa shape index (κ3) is 4.60. The van der Waals surface area contributed by atoms with Crippen molar-refractivity contribution < 1.29 is 4.74 Å². The highest BCUT2D eigenvalue weighted by Gasteiger charge is 2.19. The molecule has 1 aromatic carbocycles. The van der Waals surface area contributed by atoms with E-state index in [0.717, 1.165) is 18.4 Å². The molecule has 0 radical (unpaired) electrons. The van der Waals surface area contributed by atoms with Gasteiger partial charge in [0.05, 0.1) is 6.10 Å². The van der Waals surface area contributed by atoms with Crippen LogP contribution in [0.2, 0.25) is 0 Å². The molecule has 0 saturated heterocycles. The van der Waals surface area contributed by atoms with Gasteiger partial charge in [0.2, 0.25) is 0 Å². The van der Waals surface area contributed by atoms with Gasteiger partial charge in [0.1, 0.15) is 0 Å². The van der Waals surface area contributed by atoms with Crippen LogP contribution in [0.1, 0.15) is 38.4 Å². The minimum atomic E-state index is -0.0279. The van der Waals surface area contributed by atoms with Gasteiger partial charge < -0.3 is 10.5 Å². The Kier molecular flexibility index (Phi) is 6.39. The average molecular weight is 231 g/mol. The normalized spacial score (nSPS) is 13.6. The lowest BCUT2D eigenvalue weighted by molar-refractivity contribution is 0.0416. The van der Waals surface area contributed by atoms with Crippen LogP contribution in [0.3, 0.4) is 0 Å². The van der Waals surface area contributed by atoms with E-state index in [2.05, 4.69) is 24.0 Å². The highest BCUT2D eigenvalue weighted by Crippen LogP contribution is 2.22. The van der Waals surface area contributed by atoms with E-state index in [0.29, 0.717) is 6.61 Å². The molecule has 0 amide bonds. The standard InChI is InChI=1S/C15H21NO/c1-3-5-7-12-14(16)15(17-4-2)13-10-8-6-9-11-13/h6,8-11,14-15H,4,7,12,16H2,1-2H3. The Balaban J connectivity index is 2.67. The van der Waals surface area contributed by atoms with E-state index in [1.54, 1.807) is 0 Å².